The van der Waals surface area contributed by atoms with Crippen LogP contribution in [0.2, 0.25) is 0 Å². The topological polar surface area (TPSA) is 86.9 Å². The molecular weight excluding hydrogens is 296 g/mol. The number of nitrogens with one attached hydrogen (secondary N) is 1. The van der Waals surface area contributed by atoms with Crippen molar-refractivity contribution < 1.29 is 14.7 Å². The maximum absolute atomic E-state index is 12.2. The summed E-state index contributed by atoms with van der Waals surface area (Å²) in [6.45, 7) is 3.20. The van der Waals surface area contributed by atoms with Gasteiger partial charge in [0.25, 0.3) is 0 Å². The summed E-state index contributed by atoms with van der Waals surface area (Å²) in [7, 11) is 0. The summed E-state index contributed by atoms with van der Waals surface area (Å²) in [4.78, 5) is 29.3. The van der Waals surface area contributed by atoms with Gasteiger partial charge in [-0.25, -0.2) is 9.78 Å². The van der Waals surface area contributed by atoms with E-state index in [9.17, 15) is 9.59 Å². The molecule has 0 saturated carbocycles. The molecule has 2 N–H and O–H groups in total. The number of carboxylic acid groups (broad SMARTS) is 1. The van der Waals surface area contributed by atoms with E-state index >= 15 is 0 Å². The number of hydrogen-bond donors (Lipinski definition) is 2. The largest absolute Gasteiger partial charge is 0.481 e. The number of imidazole rings is 1. The first kappa shape index (κ1) is 15.3. The molecule has 0 bridgehead atoms. The van der Waals surface area contributed by atoms with Gasteiger partial charge in [-0.1, -0.05) is 0 Å². The van der Waals surface area contributed by atoms with Gasteiger partial charge in [-0.3, -0.25) is 4.79 Å². The third-order valence-electron chi connectivity index (χ3n) is 4.14. The van der Waals surface area contributed by atoms with Crippen molar-refractivity contribution in [2.24, 2.45) is 5.92 Å². The average molecular weight is 316 g/mol. The highest BCUT2D eigenvalue weighted by molar-refractivity contribution is 5.76. The number of fused-ring (bicyclic) bond motifs is 1. The molecular formula is C16H20N4O3. The molecule has 2 aromatic heterocycles. The number of amides is 2. The lowest BCUT2D eigenvalue weighted by atomic mass is 9.99. The zero-order chi connectivity index (χ0) is 16.4. The first-order valence-electron chi connectivity index (χ1n) is 7.73. The Labute approximate surface area is 133 Å². The molecule has 3 heterocycles. The number of hydrogen-bond acceptors (Lipinski definition) is 3. The fourth-order valence-corrected chi connectivity index (χ4v) is 2.86. The lowest BCUT2D eigenvalue weighted by Gasteiger charge is -2.30. The summed E-state index contributed by atoms with van der Waals surface area (Å²) in [6, 6.07) is 3.74. The fraction of sp³-hybridized carbons (Fsp3) is 0.438. The molecule has 1 atom stereocenters. The van der Waals surface area contributed by atoms with E-state index in [4.69, 9.17) is 5.11 Å². The molecule has 2 amide bonds. The summed E-state index contributed by atoms with van der Waals surface area (Å²) in [6.07, 6.45) is 5.17. The highest BCUT2D eigenvalue weighted by atomic mass is 16.4. The van der Waals surface area contributed by atoms with E-state index in [0.29, 0.717) is 19.5 Å². The molecule has 1 aliphatic heterocycles. The normalized spacial score (nSPS) is 18.1. The molecule has 0 spiro atoms. The van der Waals surface area contributed by atoms with Crippen LogP contribution in [0.25, 0.3) is 5.65 Å². The van der Waals surface area contributed by atoms with Gasteiger partial charge < -0.3 is 19.7 Å². The molecule has 7 heteroatoms. The van der Waals surface area contributed by atoms with Gasteiger partial charge in [0, 0.05) is 25.5 Å². The fourth-order valence-electron chi connectivity index (χ4n) is 2.86. The molecule has 1 unspecified atom stereocenters. The molecule has 0 aliphatic carbocycles. The third kappa shape index (κ3) is 3.44. The average Bonchev–Trinajstić information content (AvgIpc) is 2.94. The minimum absolute atomic E-state index is 0.232. The lowest BCUT2D eigenvalue weighted by molar-refractivity contribution is -0.143. The van der Waals surface area contributed by atoms with Gasteiger partial charge in [0.2, 0.25) is 0 Å². The monoisotopic (exact) mass is 316 g/mol. The zero-order valence-corrected chi connectivity index (χ0v) is 13.0. The Hall–Kier alpha value is -2.57. The summed E-state index contributed by atoms with van der Waals surface area (Å²) in [5.74, 6) is -1.30. The number of likely N-dealkylation sites (tertiary alicyclic amines) is 1. The van der Waals surface area contributed by atoms with Crippen LogP contribution in [0.1, 0.15) is 24.1 Å². The molecule has 1 fully saturated rings. The number of pyridine rings is 1. The number of carboxylic acids is 1. The van der Waals surface area contributed by atoms with E-state index in [-0.39, 0.29) is 12.6 Å². The molecule has 0 aromatic carbocycles. The Morgan fingerprint density at radius 1 is 1.48 bits per heavy atom. The van der Waals surface area contributed by atoms with Crippen LogP contribution in [-0.4, -0.2) is 44.5 Å². The van der Waals surface area contributed by atoms with Crippen molar-refractivity contribution in [2.45, 2.75) is 26.3 Å². The zero-order valence-electron chi connectivity index (χ0n) is 13.0. The van der Waals surface area contributed by atoms with Crippen molar-refractivity contribution in [3.05, 3.63) is 35.8 Å². The number of piperidine rings is 1. The van der Waals surface area contributed by atoms with Crippen molar-refractivity contribution in [1.82, 2.24) is 19.6 Å². The van der Waals surface area contributed by atoms with E-state index in [1.807, 2.05) is 35.9 Å². The second-order valence-electron chi connectivity index (χ2n) is 5.98. The number of aryl methyl sites for hydroxylation is 1. The Morgan fingerprint density at radius 3 is 3.09 bits per heavy atom. The highest BCUT2D eigenvalue weighted by Gasteiger charge is 2.27. The number of nitrogens with zero attached hydrogens (tertiary/aromatic N) is 3. The maximum atomic E-state index is 12.2. The predicted molar refractivity (Wildman–Crippen MR) is 84.1 cm³/mol. The maximum Gasteiger partial charge on any atom is 0.317 e. The Kier molecular flexibility index (Phi) is 4.18. The molecule has 122 valence electrons. The van der Waals surface area contributed by atoms with Crippen LogP contribution in [0.3, 0.4) is 0 Å². The molecule has 1 saturated heterocycles. The summed E-state index contributed by atoms with van der Waals surface area (Å²) in [5, 5.41) is 11.9. The smallest absolute Gasteiger partial charge is 0.317 e. The number of carbonyl (C=O) groups excluding carboxylic acids is 1. The van der Waals surface area contributed by atoms with Gasteiger partial charge in [0.15, 0.2) is 0 Å². The van der Waals surface area contributed by atoms with Crippen LogP contribution in [0.5, 0.6) is 0 Å². The number of aromatic nitrogens is 2. The number of rotatable bonds is 3. The van der Waals surface area contributed by atoms with Gasteiger partial charge in [-0.05, 0) is 37.5 Å². The SMILES string of the molecule is Cc1ccn2cc(CNC(=O)N3CCCC(C(=O)O)C3)nc2c1. The van der Waals surface area contributed by atoms with Gasteiger partial charge >= 0.3 is 12.0 Å². The standard InChI is InChI=1S/C16H20N4O3/c1-11-4-6-19-10-13(18-14(19)7-11)8-17-16(23)20-5-2-3-12(9-20)15(21)22/h4,6-7,10,12H,2-3,5,8-9H2,1H3,(H,17,23)(H,21,22). The van der Waals surface area contributed by atoms with Crippen LogP contribution >= 0.6 is 0 Å². The molecule has 2 aromatic rings. The van der Waals surface area contributed by atoms with E-state index in [0.717, 1.165) is 23.3 Å². The van der Waals surface area contributed by atoms with Crippen molar-refractivity contribution in [2.75, 3.05) is 13.1 Å². The Balaban J connectivity index is 1.60. The van der Waals surface area contributed by atoms with Gasteiger partial charge in [-0.15, -0.1) is 0 Å². The van der Waals surface area contributed by atoms with Crippen molar-refractivity contribution in [3.63, 3.8) is 0 Å². The lowest BCUT2D eigenvalue weighted by Crippen LogP contribution is -2.46. The molecule has 23 heavy (non-hydrogen) atoms. The van der Waals surface area contributed by atoms with Gasteiger partial charge in [0.05, 0.1) is 18.2 Å². The predicted octanol–water partition coefficient (Wildman–Crippen LogP) is 1.65. The van der Waals surface area contributed by atoms with Crippen LogP contribution in [0.15, 0.2) is 24.5 Å². The molecule has 7 nitrogen and oxygen atoms in total. The molecule has 1 aliphatic rings. The van der Waals surface area contributed by atoms with E-state index in [1.165, 1.54) is 0 Å². The number of aliphatic carboxylic acids is 1. The van der Waals surface area contributed by atoms with Crippen molar-refractivity contribution >= 4 is 17.6 Å². The molecule has 3 rings (SSSR count). The quantitative estimate of drug-likeness (QED) is 0.901. The number of carbonyl (C=O) groups is 2. The van der Waals surface area contributed by atoms with Gasteiger partial charge in [0.1, 0.15) is 5.65 Å². The van der Waals surface area contributed by atoms with Crippen LogP contribution in [-0.2, 0) is 11.3 Å². The Morgan fingerprint density at radius 2 is 2.30 bits per heavy atom. The first-order chi connectivity index (χ1) is 11.0. The Bertz CT molecular complexity index is 740. The second kappa shape index (κ2) is 6.28. The second-order valence-corrected chi connectivity index (χ2v) is 5.98. The van der Waals surface area contributed by atoms with E-state index in [2.05, 4.69) is 10.3 Å². The summed E-state index contributed by atoms with van der Waals surface area (Å²) in [5.41, 5.74) is 2.75. The number of urea groups is 1. The third-order valence-corrected chi connectivity index (χ3v) is 4.14. The highest BCUT2D eigenvalue weighted by Crippen LogP contribution is 2.16. The van der Waals surface area contributed by atoms with Crippen LogP contribution in [0.4, 0.5) is 4.79 Å². The van der Waals surface area contributed by atoms with Crippen molar-refractivity contribution in [3.8, 4) is 0 Å². The van der Waals surface area contributed by atoms with Gasteiger partial charge in [-0.2, -0.15) is 0 Å². The summed E-state index contributed by atoms with van der Waals surface area (Å²) >= 11 is 0. The minimum Gasteiger partial charge on any atom is -0.481 e. The van der Waals surface area contributed by atoms with E-state index in [1.54, 1.807) is 4.90 Å². The summed E-state index contributed by atoms with van der Waals surface area (Å²) < 4.78 is 1.91. The minimum atomic E-state index is -0.835. The van der Waals surface area contributed by atoms with Crippen LogP contribution < -0.4 is 5.32 Å². The first-order valence-corrected chi connectivity index (χ1v) is 7.73. The van der Waals surface area contributed by atoms with Crippen molar-refractivity contribution in [1.29, 1.82) is 0 Å². The molecule has 0 radical (unpaired) electrons. The van der Waals surface area contributed by atoms with Crippen LogP contribution in [0, 0.1) is 12.8 Å². The van der Waals surface area contributed by atoms with E-state index < -0.39 is 11.9 Å².